The van der Waals surface area contributed by atoms with Gasteiger partial charge in [0.1, 0.15) is 11.5 Å². The third-order valence-electron chi connectivity index (χ3n) is 3.07. The fourth-order valence-corrected chi connectivity index (χ4v) is 2.15. The summed E-state index contributed by atoms with van der Waals surface area (Å²) < 4.78 is 15.1. The highest BCUT2D eigenvalue weighted by molar-refractivity contribution is 5.42. The van der Waals surface area contributed by atoms with Gasteiger partial charge in [-0.1, -0.05) is 18.2 Å². The molecule has 1 aromatic carbocycles. The van der Waals surface area contributed by atoms with Crippen LogP contribution in [0.25, 0.3) is 5.65 Å². The average Bonchev–Trinajstić information content (AvgIpc) is 2.79. The zero-order valence-corrected chi connectivity index (χ0v) is 10.4. The number of rotatable bonds is 3. The van der Waals surface area contributed by atoms with Crippen LogP contribution in [-0.2, 0) is 13.0 Å². The highest BCUT2D eigenvalue weighted by atomic mass is 19.1. The van der Waals surface area contributed by atoms with Crippen molar-refractivity contribution in [2.75, 3.05) is 0 Å². The summed E-state index contributed by atoms with van der Waals surface area (Å²) in [6.45, 7) is 0.507. The third kappa shape index (κ3) is 2.48. The van der Waals surface area contributed by atoms with Gasteiger partial charge in [0.2, 0.25) is 0 Å². The van der Waals surface area contributed by atoms with E-state index in [4.69, 9.17) is 5.73 Å². The van der Waals surface area contributed by atoms with Crippen LogP contribution in [-0.4, -0.2) is 9.38 Å². The van der Waals surface area contributed by atoms with E-state index in [1.54, 1.807) is 6.07 Å². The Hall–Kier alpha value is -2.20. The largest absolute Gasteiger partial charge is 0.326 e. The van der Waals surface area contributed by atoms with Crippen LogP contribution in [0.2, 0.25) is 0 Å². The average molecular weight is 255 g/mol. The highest BCUT2D eigenvalue weighted by Gasteiger charge is 2.04. The first-order chi connectivity index (χ1) is 9.24. The maximum Gasteiger partial charge on any atom is 0.137 e. The summed E-state index contributed by atoms with van der Waals surface area (Å²) in [5.41, 5.74) is 9.38. The Balaban J connectivity index is 1.93. The molecule has 0 unspecified atom stereocenters. The molecule has 2 aromatic heterocycles. The van der Waals surface area contributed by atoms with Crippen molar-refractivity contribution in [3.8, 4) is 0 Å². The second-order valence-corrected chi connectivity index (χ2v) is 4.55. The van der Waals surface area contributed by atoms with Gasteiger partial charge in [0.25, 0.3) is 0 Å². The molecule has 2 heterocycles. The zero-order valence-electron chi connectivity index (χ0n) is 10.4. The van der Waals surface area contributed by atoms with Crippen LogP contribution in [0.5, 0.6) is 0 Å². The Labute approximate surface area is 110 Å². The second-order valence-electron chi connectivity index (χ2n) is 4.55. The highest BCUT2D eigenvalue weighted by Crippen LogP contribution is 2.12. The lowest BCUT2D eigenvalue weighted by Gasteiger charge is -1.97. The molecule has 4 heteroatoms. The molecule has 0 saturated carbocycles. The number of imidazole rings is 1. The lowest BCUT2D eigenvalue weighted by Crippen LogP contribution is -1.97. The third-order valence-corrected chi connectivity index (χ3v) is 3.07. The maximum atomic E-state index is 13.1. The van der Waals surface area contributed by atoms with Crippen LogP contribution in [0.4, 0.5) is 4.39 Å². The van der Waals surface area contributed by atoms with Gasteiger partial charge in [0.15, 0.2) is 0 Å². The number of nitrogens with two attached hydrogens (primary N) is 1. The SMILES string of the molecule is NCc1ccc2nc(Cc3cccc(F)c3)cn2c1. The van der Waals surface area contributed by atoms with Gasteiger partial charge in [0.05, 0.1) is 5.69 Å². The Morgan fingerprint density at radius 3 is 2.79 bits per heavy atom. The van der Waals surface area contributed by atoms with Crippen molar-refractivity contribution < 1.29 is 4.39 Å². The van der Waals surface area contributed by atoms with Crippen LogP contribution in [0.1, 0.15) is 16.8 Å². The molecule has 0 bridgehead atoms. The normalized spacial score (nSPS) is 11.1. The van der Waals surface area contributed by atoms with E-state index in [-0.39, 0.29) is 5.82 Å². The second kappa shape index (κ2) is 4.82. The van der Waals surface area contributed by atoms with Gasteiger partial charge < -0.3 is 10.1 Å². The molecule has 0 spiro atoms. The fraction of sp³-hybridized carbons (Fsp3) is 0.133. The number of fused-ring (bicyclic) bond motifs is 1. The Morgan fingerprint density at radius 2 is 2.00 bits per heavy atom. The summed E-state index contributed by atoms with van der Waals surface area (Å²) in [5, 5.41) is 0. The first kappa shape index (κ1) is 11.9. The van der Waals surface area contributed by atoms with E-state index in [9.17, 15) is 4.39 Å². The minimum absolute atomic E-state index is 0.216. The number of benzene rings is 1. The monoisotopic (exact) mass is 255 g/mol. The van der Waals surface area contributed by atoms with Crippen molar-refractivity contribution in [2.45, 2.75) is 13.0 Å². The zero-order chi connectivity index (χ0) is 13.2. The molecule has 0 atom stereocenters. The number of halogens is 1. The molecule has 0 radical (unpaired) electrons. The molecule has 0 aliphatic rings. The Kier molecular flexibility index (Phi) is 3.01. The topological polar surface area (TPSA) is 43.3 Å². The van der Waals surface area contributed by atoms with Crippen LogP contribution in [0.3, 0.4) is 0 Å². The predicted octanol–water partition coefficient (Wildman–Crippen LogP) is 2.52. The molecular formula is C15H14FN3. The maximum absolute atomic E-state index is 13.1. The number of aromatic nitrogens is 2. The van der Waals surface area contributed by atoms with Crippen LogP contribution >= 0.6 is 0 Å². The molecule has 96 valence electrons. The molecule has 0 saturated heterocycles. The van der Waals surface area contributed by atoms with E-state index in [1.807, 2.05) is 35.0 Å². The minimum atomic E-state index is -0.216. The summed E-state index contributed by atoms with van der Waals surface area (Å²) in [6, 6.07) is 10.5. The Bertz CT molecular complexity index is 718. The van der Waals surface area contributed by atoms with E-state index in [1.165, 1.54) is 12.1 Å². The predicted molar refractivity (Wildman–Crippen MR) is 72.3 cm³/mol. The van der Waals surface area contributed by atoms with Crippen molar-refractivity contribution in [1.29, 1.82) is 0 Å². The van der Waals surface area contributed by atoms with Crippen LogP contribution in [0, 0.1) is 5.82 Å². The molecule has 19 heavy (non-hydrogen) atoms. The number of nitrogens with zero attached hydrogens (tertiary/aromatic N) is 2. The molecular weight excluding hydrogens is 241 g/mol. The van der Waals surface area contributed by atoms with Crippen molar-refractivity contribution >= 4 is 5.65 Å². The van der Waals surface area contributed by atoms with Gasteiger partial charge in [-0.15, -0.1) is 0 Å². The molecule has 3 rings (SSSR count). The van der Waals surface area contributed by atoms with Gasteiger partial charge in [-0.05, 0) is 29.3 Å². The molecule has 0 aliphatic carbocycles. The van der Waals surface area contributed by atoms with E-state index in [0.717, 1.165) is 22.5 Å². The Morgan fingerprint density at radius 1 is 1.11 bits per heavy atom. The smallest absolute Gasteiger partial charge is 0.137 e. The van der Waals surface area contributed by atoms with Gasteiger partial charge >= 0.3 is 0 Å². The van der Waals surface area contributed by atoms with Crippen molar-refractivity contribution in [1.82, 2.24) is 9.38 Å². The van der Waals surface area contributed by atoms with Gasteiger partial charge in [-0.3, -0.25) is 0 Å². The van der Waals surface area contributed by atoms with Crippen LogP contribution < -0.4 is 5.73 Å². The molecule has 0 fully saturated rings. The summed E-state index contributed by atoms with van der Waals surface area (Å²) in [4.78, 5) is 4.51. The molecule has 3 nitrogen and oxygen atoms in total. The first-order valence-electron chi connectivity index (χ1n) is 6.15. The molecule has 3 aromatic rings. The van der Waals surface area contributed by atoms with E-state index in [2.05, 4.69) is 4.98 Å². The number of hydrogen-bond donors (Lipinski definition) is 1. The summed E-state index contributed by atoms with van der Waals surface area (Å²) in [6.07, 6.45) is 4.55. The van der Waals surface area contributed by atoms with Crippen molar-refractivity contribution in [3.63, 3.8) is 0 Å². The van der Waals surface area contributed by atoms with Gasteiger partial charge in [-0.2, -0.15) is 0 Å². The fourth-order valence-electron chi connectivity index (χ4n) is 2.15. The molecule has 0 aliphatic heterocycles. The van der Waals surface area contributed by atoms with Crippen molar-refractivity contribution in [3.05, 3.63) is 71.4 Å². The molecule has 2 N–H and O–H groups in total. The minimum Gasteiger partial charge on any atom is -0.326 e. The lowest BCUT2D eigenvalue weighted by molar-refractivity contribution is 0.626. The van der Waals surface area contributed by atoms with E-state index >= 15 is 0 Å². The quantitative estimate of drug-likeness (QED) is 0.781. The van der Waals surface area contributed by atoms with Crippen LogP contribution in [0.15, 0.2) is 48.8 Å². The van der Waals surface area contributed by atoms with E-state index in [0.29, 0.717) is 13.0 Å². The summed E-state index contributed by atoms with van der Waals surface area (Å²) in [7, 11) is 0. The summed E-state index contributed by atoms with van der Waals surface area (Å²) >= 11 is 0. The van der Waals surface area contributed by atoms with E-state index < -0.39 is 0 Å². The summed E-state index contributed by atoms with van der Waals surface area (Å²) in [5.74, 6) is -0.216. The van der Waals surface area contributed by atoms with Crippen molar-refractivity contribution in [2.24, 2.45) is 5.73 Å². The standard InChI is InChI=1S/C15H14FN3/c16-13-3-1-2-11(6-13)7-14-10-19-9-12(8-17)4-5-15(19)18-14/h1-6,9-10H,7-8,17H2. The van der Waals surface area contributed by atoms with Gasteiger partial charge in [-0.25, -0.2) is 9.37 Å². The molecule has 0 amide bonds. The number of pyridine rings is 1. The first-order valence-corrected chi connectivity index (χ1v) is 6.15. The lowest BCUT2D eigenvalue weighted by atomic mass is 10.1. The van der Waals surface area contributed by atoms with Gasteiger partial charge in [0, 0.05) is 25.4 Å². The number of hydrogen-bond acceptors (Lipinski definition) is 2.